The van der Waals surface area contributed by atoms with Gasteiger partial charge in [0.05, 0.1) is 19.9 Å². The van der Waals surface area contributed by atoms with Gasteiger partial charge in [0.15, 0.2) is 11.5 Å². The molecule has 6 heteroatoms. The first-order chi connectivity index (χ1) is 12.2. The molecule has 1 aromatic heterocycles. The summed E-state index contributed by atoms with van der Waals surface area (Å²) in [6.07, 6.45) is 1.04. The molecule has 0 saturated heterocycles. The Morgan fingerprint density at radius 2 is 1.81 bits per heavy atom. The SMILES string of the molecule is COc1cc(-c2c(C)c([C@@H]3CC3(C)C)nc(N)c2C#N)cc(OC)c1O. The lowest BCUT2D eigenvalue weighted by atomic mass is 9.92. The summed E-state index contributed by atoms with van der Waals surface area (Å²) in [6.45, 7) is 6.34. The van der Waals surface area contributed by atoms with Crippen molar-refractivity contribution >= 4 is 5.82 Å². The number of nitrogen functional groups attached to an aromatic ring is 1. The molecule has 1 heterocycles. The van der Waals surface area contributed by atoms with Gasteiger partial charge in [0.2, 0.25) is 5.75 Å². The van der Waals surface area contributed by atoms with Crippen LogP contribution in [0.4, 0.5) is 5.82 Å². The van der Waals surface area contributed by atoms with Crippen molar-refractivity contribution < 1.29 is 14.6 Å². The number of aromatic hydroxyl groups is 1. The molecule has 2 aromatic rings. The lowest BCUT2D eigenvalue weighted by Gasteiger charge is -2.17. The van der Waals surface area contributed by atoms with Gasteiger partial charge in [0.25, 0.3) is 0 Å². The number of phenols is 1. The van der Waals surface area contributed by atoms with Crippen molar-refractivity contribution in [3.05, 3.63) is 29.0 Å². The Kier molecular flexibility index (Phi) is 4.19. The zero-order valence-corrected chi connectivity index (χ0v) is 15.7. The van der Waals surface area contributed by atoms with Crippen molar-refractivity contribution in [2.75, 3.05) is 20.0 Å². The molecule has 1 atom stereocenters. The van der Waals surface area contributed by atoms with E-state index in [1.54, 1.807) is 12.1 Å². The molecule has 3 N–H and O–H groups in total. The van der Waals surface area contributed by atoms with Crippen LogP contribution in [0.15, 0.2) is 12.1 Å². The molecule has 6 nitrogen and oxygen atoms in total. The summed E-state index contributed by atoms with van der Waals surface area (Å²) < 4.78 is 10.5. The van der Waals surface area contributed by atoms with Crippen molar-refractivity contribution in [2.45, 2.75) is 33.1 Å². The Morgan fingerprint density at radius 1 is 1.27 bits per heavy atom. The predicted molar refractivity (Wildman–Crippen MR) is 99.4 cm³/mol. The standard InChI is InChI=1S/C20H23N3O3/c1-10-16(11-6-14(25-4)18(24)15(7-11)26-5)12(9-21)19(22)23-17(10)13-8-20(13,2)3/h6-7,13,24H,8H2,1-5H3,(H2,22,23)/t13-/m0/s1. The van der Waals surface area contributed by atoms with Crippen LogP contribution >= 0.6 is 0 Å². The Hall–Kier alpha value is -2.94. The van der Waals surface area contributed by atoms with Gasteiger partial charge >= 0.3 is 0 Å². The highest BCUT2D eigenvalue weighted by atomic mass is 16.5. The average Bonchev–Trinajstić information content (AvgIpc) is 3.24. The molecule has 0 radical (unpaired) electrons. The van der Waals surface area contributed by atoms with Gasteiger partial charge in [-0.2, -0.15) is 5.26 Å². The van der Waals surface area contributed by atoms with Gasteiger partial charge < -0.3 is 20.3 Å². The molecule has 0 bridgehead atoms. The fourth-order valence-electron chi connectivity index (χ4n) is 3.50. The van der Waals surface area contributed by atoms with Crippen LogP contribution in [0.1, 0.15) is 43.0 Å². The number of nitrogens with two attached hydrogens (primary N) is 1. The zero-order valence-electron chi connectivity index (χ0n) is 15.7. The first-order valence-electron chi connectivity index (χ1n) is 8.40. The molecular weight excluding hydrogens is 330 g/mol. The van der Waals surface area contributed by atoms with E-state index in [2.05, 4.69) is 24.9 Å². The fourth-order valence-corrected chi connectivity index (χ4v) is 3.50. The van der Waals surface area contributed by atoms with Crippen molar-refractivity contribution in [1.82, 2.24) is 4.98 Å². The number of nitriles is 1. The van der Waals surface area contributed by atoms with Gasteiger partial charge in [-0.25, -0.2) is 4.98 Å². The highest BCUT2D eigenvalue weighted by molar-refractivity contribution is 5.82. The smallest absolute Gasteiger partial charge is 0.200 e. The fraction of sp³-hybridized carbons (Fsp3) is 0.400. The zero-order chi connectivity index (χ0) is 19.2. The van der Waals surface area contributed by atoms with E-state index in [0.717, 1.165) is 17.7 Å². The number of aromatic nitrogens is 1. The first-order valence-corrected chi connectivity index (χ1v) is 8.40. The van der Waals surface area contributed by atoms with Crippen LogP contribution in [0.2, 0.25) is 0 Å². The summed E-state index contributed by atoms with van der Waals surface area (Å²) in [5.74, 6) is 0.993. The highest BCUT2D eigenvalue weighted by Crippen LogP contribution is 2.59. The number of methoxy groups -OCH3 is 2. The number of benzene rings is 1. The van der Waals surface area contributed by atoms with Crippen molar-refractivity contribution in [1.29, 1.82) is 5.26 Å². The molecule has 136 valence electrons. The van der Waals surface area contributed by atoms with Crippen LogP contribution < -0.4 is 15.2 Å². The summed E-state index contributed by atoms with van der Waals surface area (Å²) in [6, 6.07) is 5.53. The summed E-state index contributed by atoms with van der Waals surface area (Å²) in [4.78, 5) is 4.53. The molecule has 1 aliphatic rings. The second-order valence-corrected chi connectivity index (χ2v) is 7.34. The Bertz CT molecular complexity index is 904. The molecule has 3 rings (SSSR count). The van der Waals surface area contributed by atoms with E-state index in [1.807, 2.05) is 6.92 Å². The molecule has 1 aliphatic carbocycles. The second kappa shape index (κ2) is 6.10. The number of hydrogen-bond donors (Lipinski definition) is 2. The summed E-state index contributed by atoms with van der Waals surface area (Å²) in [5.41, 5.74) is 9.86. The van der Waals surface area contributed by atoms with E-state index < -0.39 is 0 Å². The molecular formula is C20H23N3O3. The van der Waals surface area contributed by atoms with Crippen LogP contribution in [-0.4, -0.2) is 24.3 Å². The Balaban J connectivity index is 2.30. The first kappa shape index (κ1) is 17.9. The van der Waals surface area contributed by atoms with Crippen LogP contribution in [0.5, 0.6) is 17.2 Å². The Labute approximate surface area is 153 Å². The largest absolute Gasteiger partial charge is 0.502 e. The van der Waals surface area contributed by atoms with Gasteiger partial charge in [0, 0.05) is 11.5 Å². The predicted octanol–water partition coefficient (Wildman–Crippen LogP) is 3.75. The Morgan fingerprint density at radius 3 is 2.23 bits per heavy atom. The molecule has 0 unspecified atom stereocenters. The van der Waals surface area contributed by atoms with E-state index in [-0.39, 0.29) is 28.5 Å². The normalized spacial score (nSPS) is 17.5. The van der Waals surface area contributed by atoms with Crippen molar-refractivity contribution in [2.24, 2.45) is 5.41 Å². The minimum Gasteiger partial charge on any atom is -0.502 e. The van der Waals surface area contributed by atoms with E-state index in [9.17, 15) is 10.4 Å². The number of pyridine rings is 1. The third-order valence-electron chi connectivity index (χ3n) is 5.23. The minimum absolute atomic E-state index is 0.0829. The highest BCUT2D eigenvalue weighted by Gasteiger charge is 2.48. The van der Waals surface area contributed by atoms with Crippen LogP contribution in [0.25, 0.3) is 11.1 Å². The van der Waals surface area contributed by atoms with Crippen LogP contribution in [0.3, 0.4) is 0 Å². The molecule has 26 heavy (non-hydrogen) atoms. The van der Waals surface area contributed by atoms with Crippen molar-refractivity contribution in [3.8, 4) is 34.4 Å². The maximum atomic E-state index is 10.2. The van der Waals surface area contributed by atoms with E-state index >= 15 is 0 Å². The molecule has 0 spiro atoms. The number of phenolic OH excluding ortho intramolecular Hbond substituents is 1. The number of nitrogens with zero attached hydrogens (tertiary/aromatic N) is 2. The monoisotopic (exact) mass is 353 g/mol. The molecule has 0 amide bonds. The number of anilines is 1. The number of rotatable bonds is 4. The number of hydrogen-bond acceptors (Lipinski definition) is 6. The second-order valence-electron chi connectivity index (χ2n) is 7.34. The molecule has 0 aliphatic heterocycles. The molecule has 1 saturated carbocycles. The summed E-state index contributed by atoms with van der Waals surface area (Å²) >= 11 is 0. The lowest BCUT2D eigenvalue weighted by molar-refractivity contribution is 0.340. The molecule has 1 fully saturated rings. The summed E-state index contributed by atoms with van der Waals surface area (Å²) in [7, 11) is 2.94. The van der Waals surface area contributed by atoms with Gasteiger partial charge in [-0.1, -0.05) is 13.8 Å². The van der Waals surface area contributed by atoms with Crippen molar-refractivity contribution in [3.63, 3.8) is 0 Å². The quantitative estimate of drug-likeness (QED) is 0.868. The van der Waals surface area contributed by atoms with Crippen LogP contribution in [0, 0.1) is 23.7 Å². The van der Waals surface area contributed by atoms with E-state index in [1.165, 1.54) is 14.2 Å². The van der Waals surface area contributed by atoms with Gasteiger partial charge in [0.1, 0.15) is 17.5 Å². The summed E-state index contributed by atoms with van der Waals surface area (Å²) in [5, 5.41) is 19.8. The number of ether oxygens (including phenoxy) is 2. The van der Waals surface area contributed by atoms with Gasteiger partial charge in [-0.15, -0.1) is 0 Å². The van der Waals surface area contributed by atoms with Crippen LogP contribution in [-0.2, 0) is 0 Å². The van der Waals surface area contributed by atoms with Gasteiger partial charge in [-0.3, -0.25) is 0 Å². The van der Waals surface area contributed by atoms with E-state index in [4.69, 9.17) is 15.2 Å². The topological polar surface area (TPSA) is 101 Å². The maximum Gasteiger partial charge on any atom is 0.200 e. The minimum atomic E-state index is -0.0829. The third kappa shape index (κ3) is 2.70. The lowest BCUT2D eigenvalue weighted by Crippen LogP contribution is -2.06. The van der Waals surface area contributed by atoms with E-state index in [0.29, 0.717) is 22.6 Å². The third-order valence-corrected chi connectivity index (χ3v) is 5.23. The maximum absolute atomic E-state index is 10.2. The average molecular weight is 353 g/mol. The van der Waals surface area contributed by atoms with Gasteiger partial charge in [-0.05, 0) is 42.0 Å². The molecule has 1 aromatic carbocycles.